The van der Waals surface area contributed by atoms with Crippen LogP contribution in [0, 0.1) is 5.82 Å². The number of anilines is 1. The molecule has 0 radical (unpaired) electrons. The lowest BCUT2D eigenvalue weighted by Gasteiger charge is -2.29. The summed E-state index contributed by atoms with van der Waals surface area (Å²) in [5.41, 5.74) is -0.508. The molecule has 0 N–H and O–H groups in total. The number of amides is 2. The largest absolute Gasteiger partial charge is 0.443 e. The molecular weight excluding hydrogens is 373 g/mol. The second-order valence-electron chi connectivity index (χ2n) is 8.25. The Hall–Kier alpha value is -3.02. The number of carbonyl (C=O) groups is 3. The summed E-state index contributed by atoms with van der Waals surface area (Å²) in [7, 11) is 0. The normalized spacial score (nSPS) is 18.5. The van der Waals surface area contributed by atoms with Crippen LogP contribution < -0.4 is 4.90 Å². The number of para-hydroxylation sites is 1. The first kappa shape index (κ1) is 20.7. The lowest BCUT2D eigenvalue weighted by molar-refractivity contribution is -0.122. The molecule has 0 aliphatic carbocycles. The molecule has 1 atom stereocenters. The molecule has 0 spiro atoms. The number of hydrogen-bond donors (Lipinski definition) is 0. The van der Waals surface area contributed by atoms with E-state index in [0.29, 0.717) is 16.8 Å². The molecule has 0 saturated heterocycles. The Morgan fingerprint density at radius 2 is 1.69 bits per heavy atom. The van der Waals surface area contributed by atoms with E-state index >= 15 is 0 Å². The van der Waals surface area contributed by atoms with Gasteiger partial charge >= 0.3 is 6.09 Å². The average Bonchev–Trinajstić information content (AvgIpc) is 2.88. The van der Waals surface area contributed by atoms with Crippen molar-refractivity contribution in [2.45, 2.75) is 51.6 Å². The third-order valence-electron chi connectivity index (χ3n) is 4.94. The van der Waals surface area contributed by atoms with Crippen molar-refractivity contribution in [3.05, 3.63) is 65.5 Å². The van der Waals surface area contributed by atoms with Gasteiger partial charge in [-0.2, -0.15) is 0 Å². The number of Topliss-reactive ketones (excluding diaryl/α,β-unsaturated/α-hetero) is 1. The maximum Gasteiger partial charge on any atom is 0.421 e. The van der Waals surface area contributed by atoms with E-state index in [1.807, 2.05) is 0 Å². The van der Waals surface area contributed by atoms with Crippen LogP contribution in [0.2, 0.25) is 0 Å². The molecule has 1 aliphatic rings. The molecule has 1 aliphatic heterocycles. The van der Waals surface area contributed by atoms with Crippen molar-refractivity contribution in [3.8, 4) is 0 Å². The van der Waals surface area contributed by atoms with E-state index in [9.17, 15) is 18.8 Å². The molecule has 2 amide bonds. The van der Waals surface area contributed by atoms with Gasteiger partial charge in [-0.3, -0.25) is 4.79 Å². The van der Waals surface area contributed by atoms with Gasteiger partial charge in [0.15, 0.2) is 0 Å². The Labute approximate surface area is 169 Å². The first-order valence-corrected chi connectivity index (χ1v) is 9.49. The van der Waals surface area contributed by atoms with Gasteiger partial charge in [-0.25, -0.2) is 14.1 Å². The Balaban J connectivity index is 2.20. The zero-order valence-electron chi connectivity index (χ0n) is 17.0. The van der Waals surface area contributed by atoms with Gasteiger partial charge in [-0.1, -0.05) is 30.3 Å². The van der Waals surface area contributed by atoms with E-state index in [4.69, 9.17) is 4.74 Å². The zero-order valence-corrected chi connectivity index (χ0v) is 17.0. The van der Waals surface area contributed by atoms with Crippen molar-refractivity contribution in [2.24, 2.45) is 0 Å². The molecule has 2 aromatic rings. The maximum absolute atomic E-state index is 13.7. The fraction of sp³-hybridized carbons (Fsp3) is 0.348. The van der Waals surface area contributed by atoms with E-state index < -0.39 is 28.8 Å². The number of ketones is 1. The van der Waals surface area contributed by atoms with Crippen molar-refractivity contribution in [2.75, 3.05) is 4.90 Å². The van der Waals surface area contributed by atoms with E-state index in [1.165, 1.54) is 31.2 Å². The number of halogens is 1. The fourth-order valence-electron chi connectivity index (χ4n) is 3.70. The third-order valence-corrected chi connectivity index (χ3v) is 4.94. The Morgan fingerprint density at radius 1 is 1.07 bits per heavy atom. The van der Waals surface area contributed by atoms with Gasteiger partial charge in [-0.05, 0) is 63.4 Å². The van der Waals surface area contributed by atoms with Crippen molar-refractivity contribution >= 4 is 23.5 Å². The van der Waals surface area contributed by atoms with E-state index in [0.717, 1.165) is 4.90 Å². The van der Waals surface area contributed by atoms with Crippen molar-refractivity contribution in [3.63, 3.8) is 0 Å². The van der Waals surface area contributed by atoms with Crippen LogP contribution in [0.1, 0.15) is 51.7 Å². The number of carbonyl (C=O) groups excluding carboxylic acids is 3. The first-order valence-electron chi connectivity index (χ1n) is 9.49. The van der Waals surface area contributed by atoms with Gasteiger partial charge in [0.1, 0.15) is 22.6 Å². The molecule has 0 saturated carbocycles. The number of hydrogen-bond acceptors (Lipinski definition) is 4. The first-order chi connectivity index (χ1) is 13.6. The van der Waals surface area contributed by atoms with Gasteiger partial charge in [0, 0.05) is 6.42 Å². The molecule has 3 rings (SSSR count). The number of benzene rings is 2. The zero-order chi connectivity index (χ0) is 21.4. The molecule has 0 aromatic heterocycles. The van der Waals surface area contributed by atoms with Crippen molar-refractivity contribution in [1.82, 2.24) is 0 Å². The highest BCUT2D eigenvalue weighted by Crippen LogP contribution is 2.49. The van der Waals surface area contributed by atoms with Gasteiger partial charge in [0.2, 0.25) is 0 Å². The summed E-state index contributed by atoms with van der Waals surface area (Å²) in [6.45, 7) is 6.62. The molecular formula is C23H24FNO4. The second kappa shape index (κ2) is 7.43. The maximum atomic E-state index is 13.7. The van der Waals surface area contributed by atoms with Crippen molar-refractivity contribution < 1.29 is 23.5 Å². The summed E-state index contributed by atoms with van der Waals surface area (Å²) in [5, 5.41) is 0. The van der Waals surface area contributed by atoms with Crippen molar-refractivity contribution in [1.29, 1.82) is 0 Å². The summed E-state index contributed by atoms with van der Waals surface area (Å²) in [6, 6.07) is 12.6. The fourth-order valence-corrected chi connectivity index (χ4v) is 3.70. The predicted octanol–water partition coefficient (Wildman–Crippen LogP) is 4.76. The molecule has 5 nitrogen and oxygen atoms in total. The quantitative estimate of drug-likeness (QED) is 0.746. The average molecular weight is 397 g/mol. The number of fused-ring (bicyclic) bond motifs is 1. The SMILES string of the molecule is CC(=O)CCC1(c2ccc(F)cc2)C(=O)N(C(=O)OC(C)(C)C)c2ccccc21. The third kappa shape index (κ3) is 3.79. The van der Waals surface area contributed by atoms with E-state index in [2.05, 4.69) is 0 Å². The van der Waals surface area contributed by atoms with E-state index in [-0.39, 0.29) is 18.6 Å². The topological polar surface area (TPSA) is 63.7 Å². The number of imide groups is 1. The molecule has 1 heterocycles. The summed E-state index contributed by atoms with van der Waals surface area (Å²) < 4.78 is 19.0. The minimum absolute atomic E-state index is 0.0764. The summed E-state index contributed by atoms with van der Waals surface area (Å²) in [4.78, 5) is 39.4. The highest BCUT2D eigenvalue weighted by Gasteiger charge is 2.54. The standard InChI is InChI=1S/C23H24FNO4/c1-15(26)13-14-23(16-9-11-17(24)12-10-16)18-7-5-6-8-19(18)25(20(23)27)21(28)29-22(2,3)4/h5-12H,13-14H2,1-4H3. The highest BCUT2D eigenvalue weighted by molar-refractivity contribution is 6.22. The molecule has 2 aromatic carbocycles. The number of rotatable bonds is 4. The van der Waals surface area contributed by atoms with Crippen LogP contribution in [-0.4, -0.2) is 23.4 Å². The Bertz CT molecular complexity index is 962. The smallest absolute Gasteiger partial charge is 0.421 e. The molecule has 152 valence electrons. The van der Waals surface area contributed by atoms with Gasteiger partial charge in [0.25, 0.3) is 5.91 Å². The lowest BCUT2D eigenvalue weighted by atomic mass is 9.72. The summed E-state index contributed by atoms with van der Waals surface area (Å²) in [5.74, 6) is -1.01. The predicted molar refractivity (Wildman–Crippen MR) is 107 cm³/mol. The van der Waals surface area contributed by atoms with Crippen LogP contribution in [-0.2, 0) is 19.7 Å². The number of ether oxygens (including phenoxy) is 1. The molecule has 0 fully saturated rings. The minimum atomic E-state index is -1.27. The van der Waals surface area contributed by atoms with Crippen LogP contribution in [0.15, 0.2) is 48.5 Å². The minimum Gasteiger partial charge on any atom is -0.443 e. The molecule has 0 bridgehead atoms. The van der Waals surface area contributed by atoms with E-state index in [1.54, 1.807) is 45.0 Å². The lowest BCUT2D eigenvalue weighted by Crippen LogP contribution is -2.46. The summed E-state index contributed by atoms with van der Waals surface area (Å²) in [6.07, 6.45) is -0.468. The molecule has 1 unspecified atom stereocenters. The monoisotopic (exact) mass is 397 g/mol. The van der Waals surface area contributed by atoms with Crippen LogP contribution in [0.25, 0.3) is 0 Å². The highest BCUT2D eigenvalue weighted by atomic mass is 19.1. The van der Waals surface area contributed by atoms with Crippen LogP contribution in [0.5, 0.6) is 0 Å². The molecule has 6 heteroatoms. The second-order valence-corrected chi connectivity index (χ2v) is 8.25. The van der Waals surface area contributed by atoms with Gasteiger partial charge in [0.05, 0.1) is 5.69 Å². The van der Waals surface area contributed by atoms with Crippen LogP contribution in [0.4, 0.5) is 14.9 Å². The Morgan fingerprint density at radius 3 is 2.28 bits per heavy atom. The summed E-state index contributed by atoms with van der Waals surface area (Å²) >= 11 is 0. The van der Waals surface area contributed by atoms with Crippen LogP contribution >= 0.6 is 0 Å². The van der Waals surface area contributed by atoms with Gasteiger partial charge in [-0.15, -0.1) is 0 Å². The van der Waals surface area contributed by atoms with Crippen LogP contribution in [0.3, 0.4) is 0 Å². The number of nitrogens with zero attached hydrogens (tertiary/aromatic N) is 1. The Kier molecular flexibility index (Phi) is 5.30. The molecule has 29 heavy (non-hydrogen) atoms. The van der Waals surface area contributed by atoms with Gasteiger partial charge < -0.3 is 9.53 Å².